The number of hydrogen-bond donors (Lipinski definition) is 2. The van der Waals surface area contributed by atoms with E-state index in [1.54, 1.807) is 31.4 Å². The predicted octanol–water partition coefficient (Wildman–Crippen LogP) is 5.53. The Morgan fingerprint density at radius 2 is 1.82 bits per heavy atom. The zero-order valence-corrected chi connectivity index (χ0v) is 19.8. The summed E-state index contributed by atoms with van der Waals surface area (Å²) in [6.07, 6.45) is 0. The van der Waals surface area contributed by atoms with Gasteiger partial charge in [-0.2, -0.15) is 0 Å². The molecule has 0 aliphatic heterocycles. The van der Waals surface area contributed by atoms with Crippen molar-refractivity contribution in [1.29, 1.82) is 0 Å². The van der Waals surface area contributed by atoms with Crippen LogP contribution in [0.25, 0.3) is 10.2 Å². The van der Waals surface area contributed by atoms with Gasteiger partial charge in [-0.3, -0.25) is 9.59 Å². The molecule has 0 radical (unpaired) electrons. The maximum atomic E-state index is 12.5. The summed E-state index contributed by atoms with van der Waals surface area (Å²) in [6, 6.07) is 22.4. The number of nitrogens with one attached hydrogen (secondary N) is 2. The lowest BCUT2D eigenvalue weighted by Crippen LogP contribution is -2.28. The van der Waals surface area contributed by atoms with Crippen molar-refractivity contribution in [2.24, 2.45) is 0 Å². The molecular formula is C25H23N3O3S2. The van der Waals surface area contributed by atoms with E-state index in [-0.39, 0.29) is 23.6 Å². The van der Waals surface area contributed by atoms with Crippen LogP contribution in [0.1, 0.15) is 28.9 Å². The molecule has 0 saturated heterocycles. The second kappa shape index (κ2) is 10.5. The Kier molecular flexibility index (Phi) is 7.26. The van der Waals surface area contributed by atoms with Crippen molar-refractivity contribution >= 4 is 50.8 Å². The Morgan fingerprint density at radius 3 is 2.55 bits per heavy atom. The lowest BCUT2D eigenvalue weighted by atomic mass is 10.1. The van der Waals surface area contributed by atoms with Crippen molar-refractivity contribution in [3.05, 3.63) is 83.9 Å². The molecule has 0 bridgehead atoms. The Hall–Kier alpha value is -3.36. The number of carbonyl (C=O) groups is 2. The number of aromatic nitrogens is 1. The van der Waals surface area contributed by atoms with Crippen LogP contribution in [-0.4, -0.2) is 29.7 Å². The molecule has 33 heavy (non-hydrogen) atoms. The van der Waals surface area contributed by atoms with E-state index >= 15 is 0 Å². The monoisotopic (exact) mass is 477 g/mol. The number of amides is 2. The van der Waals surface area contributed by atoms with Crippen molar-refractivity contribution in [3.63, 3.8) is 0 Å². The normalized spacial score (nSPS) is 11.7. The molecule has 4 rings (SSSR count). The van der Waals surface area contributed by atoms with Gasteiger partial charge in [-0.1, -0.05) is 42.1 Å². The van der Waals surface area contributed by atoms with Crippen LogP contribution in [0.15, 0.2) is 77.1 Å². The van der Waals surface area contributed by atoms with Crippen molar-refractivity contribution in [1.82, 2.24) is 10.3 Å². The highest BCUT2D eigenvalue weighted by Gasteiger charge is 2.13. The van der Waals surface area contributed by atoms with Gasteiger partial charge in [0.15, 0.2) is 4.34 Å². The molecule has 2 amide bonds. The van der Waals surface area contributed by atoms with E-state index in [0.29, 0.717) is 17.0 Å². The zero-order chi connectivity index (χ0) is 23.2. The SMILES string of the molecule is COc1ccc(C(=O)Nc2ccc3nc(SCC(=O)N[C@H](C)c4ccccc4)sc3c2)cc1. The van der Waals surface area contributed by atoms with Gasteiger partial charge < -0.3 is 15.4 Å². The molecule has 0 spiro atoms. The van der Waals surface area contributed by atoms with E-state index in [4.69, 9.17) is 4.74 Å². The largest absolute Gasteiger partial charge is 0.497 e. The van der Waals surface area contributed by atoms with Gasteiger partial charge in [0, 0.05) is 11.3 Å². The van der Waals surface area contributed by atoms with Gasteiger partial charge in [0.05, 0.1) is 29.1 Å². The van der Waals surface area contributed by atoms with E-state index in [2.05, 4.69) is 15.6 Å². The summed E-state index contributed by atoms with van der Waals surface area (Å²) in [7, 11) is 1.59. The first-order valence-electron chi connectivity index (χ1n) is 10.3. The third-order valence-electron chi connectivity index (χ3n) is 4.98. The highest BCUT2D eigenvalue weighted by Crippen LogP contribution is 2.31. The van der Waals surface area contributed by atoms with E-state index in [0.717, 1.165) is 20.1 Å². The van der Waals surface area contributed by atoms with Crippen LogP contribution in [0.2, 0.25) is 0 Å². The smallest absolute Gasteiger partial charge is 0.255 e. The summed E-state index contributed by atoms with van der Waals surface area (Å²) in [5.41, 5.74) is 3.15. The molecule has 3 aromatic carbocycles. The summed E-state index contributed by atoms with van der Waals surface area (Å²) in [6.45, 7) is 1.97. The first-order chi connectivity index (χ1) is 16.0. The first-order valence-corrected chi connectivity index (χ1v) is 12.1. The number of hydrogen-bond acceptors (Lipinski definition) is 6. The minimum Gasteiger partial charge on any atom is -0.497 e. The number of thiazole rings is 1. The number of nitrogens with zero attached hydrogens (tertiary/aromatic N) is 1. The van der Waals surface area contributed by atoms with Gasteiger partial charge in [0.25, 0.3) is 5.91 Å². The van der Waals surface area contributed by atoms with Gasteiger partial charge >= 0.3 is 0 Å². The van der Waals surface area contributed by atoms with E-state index in [9.17, 15) is 9.59 Å². The van der Waals surface area contributed by atoms with Crippen LogP contribution in [0, 0.1) is 0 Å². The van der Waals surface area contributed by atoms with Gasteiger partial charge in [0.1, 0.15) is 5.75 Å². The number of rotatable bonds is 8. The zero-order valence-electron chi connectivity index (χ0n) is 18.2. The maximum Gasteiger partial charge on any atom is 0.255 e. The maximum absolute atomic E-state index is 12.5. The molecule has 0 unspecified atom stereocenters. The number of thioether (sulfide) groups is 1. The molecule has 2 N–H and O–H groups in total. The number of anilines is 1. The topological polar surface area (TPSA) is 80.3 Å². The molecule has 0 saturated carbocycles. The van der Waals surface area contributed by atoms with Crippen LogP contribution in [-0.2, 0) is 4.79 Å². The highest BCUT2D eigenvalue weighted by atomic mass is 32.2. The van der Waals surface area contributed by atoms with E-state index in [1.165, 1.54) is 23.1 Å². The van der Waals surface area contributed by atoms with Crippen molar-refractivity contribution in [2.45, 2.75) is 17.3 Å². The molecule has 4 aromatic rings. The molecule has 0 aliphatic rings. The summed E-state index contributed by atoms with van der Waals surface area (Å²) >= 11 is 2.91. The Morgan fingerprint density at radius 1 is 1.06 bits per heavy atom. The fourth-order valence-electron chi connectivity index (χ4n) is 3.22. The van der Waals surface area contributed by atoms with Crippen molar-refractivity contribution in [3.8, 4) is 5.75 Å². The standard InChI is InChI=1S/C25H23N3O3S2/c1-16(17-6-4-3-5-7-17)26-23(29)15-32-25-28-21-13-10-19(14-22(21)33-25)27-24(30)18-8-11-20(31-2)12-9-18/h3-14,16H,15H2,1-2H3,(H,26,29)(H,27,30)/t16-/m1/s1. The van der Waals surface area contributed by atoms with Crippen LogP contribution in [0.3, 0.4) is 0 Å². The predicted molar refractivity (Wildman–Crippen MR) is 134 cm³/mol. The van der Waals surface area contributed by atoms with Crippen LogP contribution < -0.4 is 15.4 Å². The van der Waals surface area contributed by atoms with Crippen molar-refractivity contribution < 1.29 is 14.3 Å². The second-order valence-corrected chi connectivity index (χ2v) is 9.59. The van der Waals surface area contributed by atoms with Crippen molar-refractivity contribution in [2.75, 3.05) is 18.2 Å². The second-order valence-electron chi connectivity index (χ2n) is 7.33. The molecule has 8 heteroatoms. The number of fused-ring (bicyclic) bond motifs is 1. The molecule has 6 nitrogen and oxygen atoms in total. The molecule has 1 atom stereocenters. The van der Waals surface area contributed by atoms with Crippen LogP contribution in [0.4, 0.5) is 5.69 Å². The van der Waals surface area contributed by atoms with Crippen LogP contribution in [0.5, 0.6) is 5.75 Å². The molecule has 0 fully saturated rings. The number of carbonyl (C=O) groups excluding carboxylic acids is 2. The minimum absolute atomic E-state index is 0.0388. The number of benzene rings is 3. The van der Waals surface area contributed by atoms with E-state index < -0.39 is 0 Å². The Bertz CT molecular complexity index is 1260. The first kappa shape index (κ1) is 22.8. The van der Waals surface area contributed by atoms with Gasteiger partial charge in [-0.25, -0.2) is 4.98 Å². The third-order valence-corrected chi connectivity index (χ3v) is 7.14. The van der Waals surface area contributed by atoms with Gasteiger partial charge in [-0.05, 0) is 55.0 Å². The van der Waals surface area contributed by atoms with Gasteiger partial charge in [-0.15, -0.1) is 11.3 Å². The van der Waals surface area contributed by atoms with Gasteiger partial charge in [0.2, 0.25) is 5.91 Å². The van der Waals surface area contributed by atoms with Crippen LogP contribution >= 0.6 is 23.1 Å². The lowest BCUT2D eigenvalue weighted by molar-refractivity contribution is -0.119. The number of methoxy groups -OCH3 is 1. The average Bonchev–Trinajstić information content (AvgIpc) is 3.25. The fourth-order valence-corrected chi connectivity index (χ4v) is 5.14. The lowest BCUT2D eigenvalue weighted by Gasteiger charge is -2.13. The molecule has 1 heterocycles. The Labute approximate surface area is 200 Å². The average molecular weight is 478 g/mol. The fraction of sp³-hybridized carbons (Fsp3) is 0.160. The molecule has 168 valence electrons. The summed E-state index contributed by atoms with van der Waals surface area (Å²) in [4.78, 5) is 29.5. The summed E-state index contributed by atoms with van der Waals surface area (Å²) in [5.74, 6) is 0.757. The third kappa shape index (κ3) is 5.91. The molecule has 0 aliphatic carbocycles. The molecule has 1 aromatic heterocycles. The summed E-state index contributed by atoms with van der Waals surface area (Å²) < 4.78 is 6.89. The minimum atomic E-state index is -0.194. The molecular weight excluding hydrogens is 454 g/mol. The highest BCUT2D eigenvalue weighted by molar-refractivity contribution is 8.01. The quantitative estimate of drug-likeness (QED) is 0.326. The van der Waals surface area contributed by atoms with E-state index in [1.807, 2.05) is 55.5 Å². The number of ether oxygens (including phenoxy) is 1. The Balaban J connectivity index is 1.35. The summed E-state index contributed by atoms with van der Waals surface area (Å²) in [5, 5.41) is 5.93.